The number of nitrogens with one attached hydrogen (secondary N) is 1. The Labute approximate surface area is 94.8 Å². The quantitative estimate of drug-likeness (QED) is 0.390. The fourth-order valence-electron chi connectivity index (χ4n) is 1.57. The third-order valence-corrected chi connectivity index (χ3v) is 2.30. The van der Waals surface area contributed by atoms with Crippen LogP contribution in [0.2, 0.25) is 0 Å². The molecule has 0 heterocycles. The van der Waals surface area contributed by atoms with Crippen LogP contribution in [0.1, 0.15) is 66.2 Å². The largest absolute Gasteiger partial charge is 0.294 e. The number of hydrogen-bond acceptors (Lipinski definition) is 2. The standard InChI is InChI=1S/C10H22N2O.C2H6/c1-3-5-7-9(6-4-2)8-10(13)12-11;1-2/h9H,3-8,11H2,1-2H3,(H,12,13);1-2H3. The molecule has 1 atom stereocenters. The molecule has 0 radical (unpaired) electrons. The van der Waals surface area contributed by atoms with Crippen LogP contribution < -0.4 is 11.3 Å². The zero-order valence-corrected chi connectivity index (χ0v) is 10.8. The lowest BCUT2D eigenvalue weighted by molar-refractivity contribution is -0.122. The first-order valence-corrected chi connectivity index (χ1v) is 6.24. The Morgan fingerprint density at radius 3 is 2.20 bits per heavy atom. The Morgan fingerprint density at radius 2 is 1.80 bits per heavy atom. The summed E-state index contributed by atoms with van der Waals surface area (Å²) in [5, 5.41) is 0. The van der Waals surface area contributed by atoms with Gasteiger partial charge in [-0.05, 0) is 12.3 Å². The van der Waals surface area contributed by atoms with E-state index in [0.29, 0.717) is 12.3 Å². The molecule has 0 spiro atoms. The predicted molar refractivity (Wildman–Crippen MR) is 66.2 cm³/mol. The molecule has 0 saturated heterocycles. The van der Waals surface area contributed by atoms with Crippen molar-refractivity contribution in [1.82, 2.24) is 5.43 Å². The van der Waals surface area contributed by atoms with Gasteiger partial charge in [-0.2, -0.15) is 0 Å². The van der Waals surface area contributed by atoms with Gasteiger partial charge in [0.15, 0.2) is 0 Å². The van der Waals surface area contributed by atoms with E-state index >= 15 is 0 Å². The van der Waals surface area contributed by atoms with Gasteiger partial charge in [0.05, 0.1) is 0 Å². The zero-order chi connectivity index (χ0) is 12.1. The van der Waals surface area contributed by atoms with E-state index in [1.165, 1.54) is 12.8 Å². The molecule has 0 bridgehead atoms. The maximum absolute atomic E-state index is 11.0. The van der Waals surface area contributed by atoms with E-state index in [2.05, 4.69) is 19.3 Å². The van der Waals surface area contributed by atoms with Gasteiger partial charge < -0.3 is 0 Å². The van der Waals surface area contributed by atoms with Gasteiger partial charge >= 0.3 is 0 Å². The van der Waals surface area contributed by atoms with Crippen molar-refractivity contribution in [3.05, 3.63) is 0 Å². The van der Waals surface area contributed by atoms with Crippen molar-refractivity contribution >= 4 is 5.91 Å². The van der Waals surface area contributed by atoms with Gasteiger partial charge in [-0.1, -0.05) is 53.4 Å². The van der Waals surface area contributed by atoms with Crippen molar-refractivity contribution in [3.8, 4) is 0 Å². The Bertz CT molecular complexity index is 138. The lowest BCUT2D eigenvalue weighted by Gasteiger charge is -2.13. The van der Waals surface area contributed by atoms with E-state index < -0.39 is 0 Å². The maximum Gasteiger partial charge on any atom is 0.234 e. The van der Waals surface area contributed by atoms with Crippen molar-refractivity contribution in [1.29, 1.82) is 0 Å². The number of nitrogens with two attached hydrogens (primary N) is 1. The lowest BCUT2D eigenvalue weighted by atomic mass is 9.94. The molecule has 1 amide bonds. The van der Waals surface area contributed by atoms with E-state index in [1.54, 1.807) is 0 Å². The molecule has 1 unspecified atom stereocenters. The predicted octanol–water partition coefficient (Wildman–Crippen LogP) is 3.00. The first-order valence-electron chi connectivity index (χ1n) is 6.24. The van der Waals surface area contributed by atoms with Crippen LogP contribution in [0.4, 0.5) is 0 Å². The normalized spacial score (nSPS) is 11.3. The average molecular weight is 216 g/mol. The molecule has 0 aromatic heterocycles. The first kappa shape index (κ1) is 16.8. The zero-order valence-electron chi connectivity index (χ0n) is 10.8. The van der Waals surface area contributed by atoms with E-state index in [4.69, 9.17) is 5.84 Å². The molecule has 0 aliphatic heterocycles. The smallest absolute Gasteiger partial charge is 0.234 e. The van der Waals surface area contributed by atoms with Crippen molar-refractivity contribution < 1.29 is 4.79 Å². The van der Waals surface area contributed by atoms with E-state index in [1.807, 2.05) is 13.8 Å². The Kier molecular flexibility index (Phi) is 15.1. The van der Waals surface area contributed by atoms with Crippen LogP contribution in [0, 0.1) is 5.92 Å². The van der Waals surface area contributed by atoms with Crippen LogP contribution in [-0.4, -0.2) is 5.91 Å². The first-order chi connectivity index (χ1) is 7.24. The summed E-state index contributed by atoms with van der Waals surface area (Å²) in [4.78, 5) is 11.0. The summed E-state index contributed by atoms with van der Waals surface area (Å²) in [6, 6.07) is 0. The molecule has 15 heavy (non-hydrogen) atoms. The second-order valence-corrected chi connectivity index (χ2v) is 3.57. The Balaban J connectivity index is 0. The number of hydrogen-bond donors (Lipinski definition) is 2. The maximum atomic E-state index is 11.0. The lowest BCUT2D eigenvalue weighted by Crippen LogP contribution is -2.31. The summed E-state index contributed by atoms with van der Waals surface area (Å²) < 4.78 is 0. The van der Waals surface area contributed by atoms with Crippen molar-refractivity contribution in [2.24, 2.45) is 11.8 Å². The van der Waals surface area contributed by atoms with Crippen LogP contribution in [0.3, 0.4) is 0 Å². The van der Waals surface area contributed by atoms with Crippen LogP contribution in [-0.2, 0) is 4.79 Å². The molecule has 0 fully saturated rings. The molecule has 3 heteroatoms. The van der Waals surface area contributed by atoms with Crippen molar-refractivity contribution in [3.63, 3.8) is 0 Å². The van der Waals surface area contributed by atoms with Crippen molar-refractivity contribution in [2.75, 3.05) is 0 Å². The van der Waals surface area contributed by atoms with Gasteiger partial charge in [-0.3, -0.25) is 10.2 Å². The molecule has 3 nitrogen and oxygen atoms in total. The van der Waals surface area contributed by atoms with E-state index in [0.717, 1.165) is 19.3 Å². The number of unbranched alkanes of at least 4 members (excludes halogenated alkanes) is 1. The van der Waals surface area contributed by atoms with E-state index in [9.17, 15) is 4.79 Å². The highest BCUT2D eigenvalue weighted by Gasteiger charge is 2.11. The Morgan fingerprint density at radius 1 is 1.20 bits per heavy atom. The highest BCUT2D eigenvalue weighted by Crippen LogP contribution is 2.18. The summed E-state index contributed by atoms with van der Waals surface area (Å²) in [6.45, 7) is 8.32. The third-order valence-electron chi connectivity index (χ3n) is 2.30. The molecular formula is C12H28N2O. The van der Waals surface area contributed by atoms with Gasteiger partial charge in [0, 0.05) is 6.42 Å². The fraction of sp³-hybridized carbons (Fsp3) is 0.917. The second kappa shape index (κ2) is 13.4. The van der Waals surface area contributed by atoms with Crippen LogP contribution in [0.15, 0.2) is 0 Å². The number of carbonyl (C=O) groups is 1. The molecule has 0 rings (SSSR count). The molecule has 0 aliphatic carbocycles. The molecule has 0 saturated carbocycles. The minimum atomic E-state index is -0.0328. The third kappa shape index (κ3) is 11.4. The molecule has 0 aromatic carbocycles. The van der Waals surface area contributed by atoms with Crippen LogP contribution in [0.25, 0.3) is 0 Å². The number of carbonyl (C=O) groups excluding carboxylic acids is 1. The Hall–Kier alpha value is -0.570. The summed E-state index contributed by atoms with van der Waals surface area (Å²) in [6.07, 6.45) is 6.43. The molecular weight excluding hydrogens is 188 g/mol. The van der Waals surface area contributed by atoms with Gasteiger partial charge in [0.1, 0.15) is 0 Å². The number of amides is 1. The van der Waals surface area contributed by atoms with E-state index in [-0.39, 0.29) is 5.91 Å². The highest BCUT2D eigenvalue weighted by atomic mass is 16.2. The number of hydrazine groups is 1. The summed E-state index contributed by atoms with van der Waals surface area (Å²) in [5.41, 5.74) is 2.19. The molecule has 0 aromatic rings. The minimum Gasteiger partial charge on any atom is -0.294 e. The molecule has 92 valence electrons. The van der Waals surface area contributed by atoms with Gasteiger partial charge in [0.25, 0.3) is 0 Å². The summed E-state index contributed by atoms with van der Waals surface area (Å²) >= 11 is 0. The average Bonchev–Trinajstić information content (AvgIpc) is 2.28. The SMILES string of the molecule is CC.CCCCC(CCC)CC(=O)NN. The summed E-state index contributed by atoms with van der Waals surface area (Å²) in [7, 11) is 0. The molecule has 0 aliphatic rings. The monoisotopic (exact) mass is 216 g/mol. The minimum absolute atomic E-state index is 0.0328. The topological polar surface area (TPSA) is 55.1 Å². The highest BCUT2D eigenvalue weighted by molar-refractivity contribution is 5.75. The number of rotatable bonds is 7. The van der Waals surface area contributed by atoms with Crippen LogP contribution in [0.5, 0.6) is 0 Å². The fourth-order valence-corrected chi connectivity index (χ4v) is 1.57. The van der Waals surface area contributed by atoms with Gasteiger partial charge in [0.2, 0.25) is 5.91 Å². The van der Waals surface area contributed by atoms with Gasteiger partial charge in [-0.25, -0.2) is 5.84 Å². The molecule has 3 N–H and O–H groups in total. The summed E-state index contributed by atoms with van der Waals surface area (Å²) in [5.74, 6) is 5.53. The van der Waals surface area contributed by atoms with Crippen molar-refractivity contribution in [2.45, 2.75) is 66.2 Å². The van der Waals surface area contributed by atoms with Crippen LogP contribution >= 0.6 is 0 Å². The van der Waals surface area contributed by atoms with Gasteiger partial charge in [-0.15, -0.1) is 0 Å². The second-order valence-electron chi connectivity index (χ2n) is 3.57.